The Morgan fingerprint density at radius 3 is 2.44 bits per heavy atom. The number of hydrogen-bond donors (Lipinski definition) is 0. The highest BCUT2D eigenvalue weighted by Gasteiger charge is 2.40. The van der Waals surface area contributed by atoms with Crippen molar-refractivity contribution < 1.29 is 19.1 Å². The number of methoxy groups -OCH3 is 1. The molecule has 1 aromatic heterocycles. The summed E-state index contributed by atoms with van der Waals surface area (Å²) in [7, 11) is 1.63. The molecule has 0 spiro atoms. The van der Waals surface area contributed by atoms with Crippen LogP contribution in [-0.4, -0.2) is 72.2 Å². The number of hydrogen-bond acceptors (Lipinski definition) is 6. The van der Waals surface area contributed by atoms with Crippen LogP contribution < -0.4 is 9.64 Å². The quantitative estimate of drug-likeness (QED) is 0.467. The van der Waals surface area contributed by atoms with E-state index in [1.807, 2.05) is 41.1 Å². The second kappa shape index (κ2) is 11.1. The minimum atomic E-state index is -0.309. The number of fused-ring (bicyclic) bond motifs is 1. The smallest absolute Gasteiger partial charge is 0.242 e. The van der Waals surface area contributed by atoms with E-state index in [1.165, 1.54) is 0 Å². The van der Waals surface area contributed by atoms with Crippen molar-refractivity contribution >= 4 is 29.4 Å². The Morgan fingerprint density at radius 1 is 1.10 bits per heavy atom. The molecule has 1 saturated heterocycles. The maximum absolute atomic E-state index is 13.8. The van der Waals surface area contributed by atoms with E-state index in [4.69, 9.17) is 14.6 Å². The largest absolute Gasteiger partial charge is 0.497 e. The van der Waals surface area contributed by atoms with E-state index in [0.717, 1.165) is 33.8 Å². The molecule has 2 aliphatic rings. The van der Waals surface area contributed by atoms with Gasteiger partial charge in [-0.15, -0.1) is 11.8 Å². The molecule has 0 saturated carbocycles. The van der Waals surface area contributed by atoms with Gasteiger partial charge in [-0.3, -0.25) is 14.5 Å². The van der Waals surface area contributed by atoms with Crippen molar-refractivity contribution in [2.75, 3.05) is 50.6 Å². The first kappa shape index (κ1) is 27.3. The molecule has 0 bridgehead atoms. The number of aromatic nitrogens is 2. The van der Waals surface area contributed by atoms with Gasteiger partial charge in [0.15, 0.2) is 0 Å². The van der Waals surface area contributed by atoms with Crippen LogP contribution in [0.4, 0.5) is 5.82 Å². The predicted molar refractivity (Wildman–Crippen MR) is 154 cm³/mol. The summed E-state index contributed by atoms with van der Waals surface area (Å²) >= 11 is 1.60. The van der Waals surface area contributed by atoms with E-state index in [9.17, 15) is 9.59 Å². The molecule has 1 fully saturated rings. The van der Waals surface area contributed by atoms with E-state index in [0.29, 0.717) is 32.1 Å². The van der Waals surface area contributed by atoms with Crippen LogP contribution in [0.15, 0.2) is 48.5 Å². The molecule has 5 rings (SSSR count). The minimum absolute atomic E-state index is 0.0433. The molecule has 0 N–H and O–H groups in total. The maximum atomic E-state index is 13.8. The summed E-state index contributed by atoms with van der Waals surface area (Å²) in [6, 6.07) is 16.0. The Balaban J connectivity index is 1.73. The van der Waals surface area contributed by atoms with Crippen molar-refractivity contribution in [2.24, 2.45) is 0 Å². The van der Waals surface area contributed by atoms with Crippen LogP contribution in [0.25, 0.3) is 5.69 Å². The summed E-state index contributed by atoms with van der Waals surface area (Å²) in [6.45, 7) is 10.6. The molecule has 3 heterocycles. The molecule has 39 heavy (non-hydrogen) atoms. The van der Waals surface area contributed by atoms with Crippen molar-refractivity contribution in [2.45, 2.75) is 38.4 Å². The molecule has 3 aromatic rings. The van der Waals surface area contributed by atoms with Gasteiger partial charge >= 0.3 is 0 Å². The average Bonchev–Trinajstić information content (AvgIpc) is 3.28. The number of carbonyl (C=O) groups is 2. The van der Waals surface area contributed by atoms with Crippen molar-refractivity contribution in [3.05, 3.63) is 70.9 Å². The Hall–Kier alpha value is -3.30. The molecule has 9 heteroatoms. The Bertz CT molecular complexity index is 1360. The molecular weight excluding hydrogens is 512 g/mol. The maximum Gasteiger partial charge on any atom is 0.242 e. The number of morpholine rings is 1. The third-order valence-electron chi connectivity index (χ3n) is 7.24. The van der Waals surface area contributed by atoms with Crippen molar-refractivity contribution in [3.8, 4) is 11.4 Å². The summed E-state index contributed by atoms with van der Waals surface area (Å²) in [6.07, 6.45) is 0. The Labute approximate surface area is 234 Å². The van der Waals surface area contributed by atoms with Gasteiger partial charge in [0.05, 0.1) is 42.7 Å². The molecule has 2 amide bonds. The fraction of sp³-hybridized carbons (Fsp3) is 0.433. The fourth-order valence-corrected chi connectivity index (χ4v) is 6.44. The van der Waals surface area contributed by atoms with E-state index in [1.54, 1.807) is 28.7 Å². The summed E-state index contributed by atoms with van der Waals surface area (Å²) in [4.78, 5) is 30.8. The standard InChI is InChI=1S/C30H36N4O4S/c1-20-8-6-7-9-23(20)27-26-28(30(2,3)4)31-34(21-10-12-22(37-5)13-11-21)29(26)33(25(36)19-39-27)18-24(35)32-14-16-38-17-15-32/h6-13,27H,14-19H2,1-5H3. The van der Waals surface area contributed by atoms with Crippen LogP contribution >= 0.6 is 11.8 Å². The minimum Gasteiger partial charge on any atom is -0.497 e. The van der Waals surface area contributed by atoms with Crippen LogP contribution in [0.3, 0.4) is 0 Å². The van der Waals surface area contributed by atoms with Gasteiger partial charge in [0.25, 0.3) is 0 Å². The molecule has 0 radical (unpaired) electrons. The van der Waals surface area contributed by atoms with Gasteiger partial charge in [-0.05, 0) is 42.3 Å². The molecule has 0 aliphatic carbocycles. The lowest BCUT2D eigenvalue weighted by Gasteiger charge is -2.30. The van der Waals surface area contributed by atoms with Gasteiger partial charge in [-0.2, -0.15) is 5.10 Å². The number of anilines is 1. The third kappa shape index (κ3) is 5.43. The first-order valence-electron chi connectivity index (χ1n) is 13.3. The highest BCUT2D eigenvalue weighted by molar-refractivity contribution is 8.00. The number of rotatable bonds is 5. The van der Waals surface area contributed by atoms with Gasteiger partial charge in [0.1, 0.15) is 18.1 Å². The van der Waals surface area contributed by atoms with E-state index in [-0.39, 0.29) is 34.8 Å². The number of nitrogens with zero attached hydrogens (tertiary/aromatic N) is 4. The number of aryl methyl sites for hydroxylation is 1. The van der Waals surface area contributed by atoms with Crippen LogP contribution in [-0.2, 0) is 19.7 Å². The molecule has 1 atom stereocenters. The fourth-order valence-electron chi connectivity index (χ4n) is 5.15. The lowest BCUT2D eigenvalue weighted by atomic mass is 9.86. The first-order chi connectivity index (χ1) is 18.7. The molecule has 1 unspecified atom stereocenters. The zero-order chi connectivity index (χ0) is 27.7. The van der Waals surface area contributed by atoms with Crippen molar-refractivity contribution in [3.63, 3.8) is 0 Å². The van der Waals surface area contributed by atoms with Crippen molar-refractivity contribution in [1.82, 2.24) is 14.7 Å². The molecule has 206 valence electrons. The molecule has 2 aliphatic heterocycles. The van der Waals surface area contributed by atoms with E-state index < -0.39 is 0 Å². The summed E-state index contributed by atoms with van der Waals surface area (Å²) in [5.41, 5.74) is 4.69. The van der Waals surface area contributed by atoms with Gasteiger partial charge in [0.2, 0.25) is 11.8 Å². The second-order valence-corrected chi connectivity index (χ2v) is 12.1. The lowest BCUT2D eigenvalue weighted by molar-refractivity contribution is -0.134. The zero-order valence-corrected chi connectivity index (χ0v) is 24.1. The summed E-state index contributed by atoms with van der Waals surface area (Å²) in [5, 5.41) is 5.05. The average molecular weight is 549 g/mol. The van der Waals surface area contributed by atoms with Crippen molar-refractivity contribution in [1.29, 1.82) is 0 Å². The number of benzene rings is 2. The van der Waals surface area contributed by atoms with Gasteiger partial charge in [0, 0.05) is 24.1 Å². The summed E-state index contributed by atoms with van der Waals surface area (Å²) < 4.78 is 12.7. The van der Waals surface area contributed by atoms with E-state index >= 15 is 0 Å². The molecular formula is C30H36N4O4S. The SMILES string of the molecule is COc1ccc(-n2nc(C(C)(C)C)c3c2N(CC(=O)N2CCOCC2)C(=O)CSC3c2ccccc2C)cc1. The molecule has 2 aromatic carbocycles. The molecule has 8 nitrogen and oxygen atoms in total. The lowest BCUT2D eigenvalue weighted by Crippen LogP contribution is -2.48. The van der Waals surface area contributed by atoms with Crippen LogP contribution in [0, 0.1) is 6.92 Å². The van der Waals surface area contributed by atoms with Crippen LogP contribution in [0.2, 0.25) is 0 Å². The number of carbonyl (C=O) groups excluding carboxylic acids is 2. The zero-order valence-electron chi connectivity index (χ0n) is 23.3. The monoisotopic (exact) mass is 548 g/mol. The van der Waals surface area contributed by atoms with Crippen LogP contribution in [0.5, 0.6) is 5.75 Å². The number of ether oxygens (including phenoxy) is 2. The first-order valence-corrected chi connectivity index (χ1v) is 14.3. The number of amides is 2. The number of thioether (sulfide) groups is 1. The second-order valence-electron chi connectivity index (χ2n) is 11.0. The summed E-state index contributed by atoms with van der Waals surface area (Å²) in [5.74, 6) is 1.47. The van der Waals surface area contributed by atoms with Crippen LogP contribution in [0.1, 0.15) is 48.4 Å². The van der Waals surface area contributed by atoms with E-state index in [2.05, 4.69) is 39.8 Å². The van der Waals surface area contributed by atoms with Gasteiger partial charge < -0.3 is 14.4 Å². The van der Waals surface area contributed by atoms with Gasteiger partial charge in [-0.1, -0.05) is 45.0 Å². The third-order valence-corrected chi connectivity index (χ3v) is 8.48. The van der Waals surface area contributed by atoms with Gasteiger partial charge in [-0.25, -0.2) is 4.68 Å². The highest BCUT2D eigenvalue weighted by atomic mass is 32.2. The Morgan fingerprint density at radius 2 is 1.79 bits per heavy atom. The normalized spacial score (nSPS) is 18.1. The topological polar surface area (TPSA) is 76.9 Å². The Kier molecular flexibility index (Phi) is 7.73. The highest BCUT2D eigenvalue weighted by Crippen LogP contribution is 2.49. The predicted octanol–water partition coefficient (Wildman–Crippen LogP) is 4.51.